The maximum Gasteiger partial charge on any atom is 0.191 e. The first-order valence-electron chi connectivity index (χ1n) is 8.92. The van der Waals surface area contributed by atoms with Gasteiger partial charge in [-0.15, -0.1) is 0 Å². The maximum absolute atomic E-state index is 13.2. The molecule has 25 heavy (non-hydrogen) atoms. The molecule has 0 aliphatic carbocycles. The Morgan fingerprint density at radius 3 is 2.72 bits per heavy atom. The van der Waals surface area contributed by atoms with Gasteiger partial charge in [0, 0.05) is 42.3 Å². The van der Waals surface area contributed by atoms with Gasteiger partial charge in [-0.05, 0) is 57.9 Å². The van der Waals surface area contributed by atoms with Crippen LogP contribution in [-0.2, 0) is 6.42 Å². The number of aromatic nitrogens is 1. The van der Waals surface area contributed by atoms with E-state index in [0.29, 0.717) is 0 Å². The standard InChI is InChI=1S/C19H30FN5/c1-5-21-18(23-10-11-25-19(2,3)4)22-9-8-14-13-24-17-12-15(20)6-7-16(14)17/h6-7,12-13,24-25H,5,8-11H2,1-4H3,(H2,21,22,23). The number of nitrogens with zero attached hydrogens (tertiary/aromatic N) is 1. The van der Waals surface area contributed by atoms with Crippen LogP contribution < -0.4 is 16.0 Å². The lowest BCUT2D eigenvalue weighted by Crippen LogP contribution is -2.40. The Kier molecular flexibility index (Phi) is 6.82. The minimum Gasteiger partial charge on any atom is -0.361 e. The maximum atomic E-state index is 13.2. The number of hydrogen-bond acceptors (Lipinski definition) is 2. The topological polar surface area (TPSA) is 64.2 Å². The van der Waals surface area contributed by atoms with Crippen molar-refractivity contribution in [1.29, 1.82) is 0 Å². The molecule has 0 fully saturated rings. The van der Waals surface area contributed by atoms with E-state index in [9.17, 15) is 4.39 Å². The molecule has 0 saturated carbocycles. The van der Waals surface area contributed by atoms with Crippen LogP contribution in [0.25, 0.3) is 10.9 Å². The van der Waals surface area contributed by atoms with E-state index in [2.05, 4.69) is 53.6 Å². The summed E-state index contributed by atoms with van der Waals surface area (Å²) in [7, 11) is 0. The van der Waals surface area contributed by atoms with E-state index in [4.69, 9.17) is 0 Å². The first-order valence-corrected chi connectivity index (χ1v) is 8.92. The number of H-pyrrole nitrogens is 1. The van der Waals surface area contributed by atoms with Gasteiger partial charge in [-0.25, -0.2) is 4.39 Å². The third kappa shape index (κ3) is 6.38. The molecule has 138 valence electrons. The van der Waals surface area contributed by atoms with Crippen LogP contribution in [0.1, 0.15) is 33.3 Å². The number of nitrogens with one attached hydrogen (secondary N) is 4. The number of hydrogen-bond donors (Lipinski definition) is 4. The second-order valence-corrected chi connectivity index (χ2v) is 7.12. The normalized spacial score (nSPS) is 12.6. The number of aliphatic imine (C=N–C) groups is 1. The smallest absolute Gasteiger partial charge is 0.191 e. The summed E-state index contributed by atoms with van der Waals surface area (Å²) in [4.78, 5) is 7.71. The predicted molar refractivity (Wildman–Crippen MR) is 104 cm³/mol. The van der Waals surface area contributed by atoms with Crippen molar-refractivity contribution in [2.75, 3.05) is 26.2 Å². The van der Waals surface area contributed by atoms with Crippen molar-refractivity contribution in [2.24, 2.45) is 4.99 Å². The highest BCUT2D eigenvalue weighted by Crippen LogP contribution is 2.19. The van der Waals surface area contributed by atoms with Crippen molar-refractivity contribution in [2.45, 2.75) is 39.7 Å². The third-order valence-corrected chi connectivity index (χ3v) is 3.80. The molecule has 0 aliphatic heterocycles. The van der Waals surface area contributed by atoms with E-state index < -0.39 is 0 Å². The molecule has 0 unspecified atom stereocenters. The molecule has 1 aromatic heterocycles. The molecule has 4 N–H and O–H groups in total. The fourth-order valence-corrected chi connectivity index (χ4v) is 2.62. The highest BCUT2D eigenvalue weighted by atomic mass is 19.1. The monoisotopic (exact) mass is 347 g/mol. The second-order valence-electron chi connectivity index (χ2n) is 7.12. The summed E-state index contributed by atoms with van der Waals surface area (Å²) >= 11 is 0. The summed E-state index contributed by atoms with van der Waals surface area (Å²) in [6.07, 6.45) is 2.79. The molecule has 2 rings (SSSR count). The van der Waals surface area contributed by atoms with Gasteiger partial charge in [-0.3, -0.25) is 4.99 Å². The minimum absolute atomic E-state index is 0.107. The van der Waals surface area contributed by atoms with Gasteiger partial charge >= 0.3 is 0 Å². The van der Waals surface area contributed by atoms with Crippen LogP contribution in [0.3, 0.4) is 0 Å². The molecule has 1 aromatic carbocycles. The lowest BCUT2D eigenvalue weighted by Gasteiger charge is -2.20. The van der Waals surface area contributed by atoms with Crippen LogP contribution in [-0.4, -0.2) is 42.7 Å². The molecule has 0 radical (unpaired) electrons. The Hall–Kier alpha value is -2.08. The average Bonchev–Trinajstić information content (AvgIpc) is 2.92. The van der Waals surface area contributed by atoms with Crippen LogP contribution in [0.2, 0.25) is 0 Å². The van der Waals surface area contributed by atoms with Gasteiger partial charge in [0.05, 0.1) is 6.54 Å². The Bertz CT molecular complexity index is 699. The van der Waals surface area contributed by atoms with Crippen LogP contribution in [0.5, 0.6) is 0 Å². The average molecular weight is 347 g/mol. The molecule has 0 aliphatic rings. The van der Waals surface area contributed by atoms with Crippen LogP contribution in [0.4, 0.5) is 4.39 Å². The Morgan fingerprint density at radius 2 is 2.00 bits per heavy atom. The summed E-state index contributed by atoms with van der Waals surface area (Å²) in [6.45, 7) is 11.6. The Morgan fingerprint density at radius 1 is 1.20 bits per heavy atom. The fourth-order valence-electron chi connectivity index (χ4n) is 2.62. The third-order valence-electron chi connectivity index (χ3n) is 3.80. The number of halogens is 1. The second kappa shape index (κ2) is 8.85. The van der Waals surface area contributed by atoms with Crippen molar-refractivity contribution in [1.82, 2.24) is 20.9 Å². The molecule has 0 amide bonds. The van der Waals surface area contributed by atoms with Gasteiger partial charge in [0.25, 0.3) is 0 Å². The highest BCUT2D eigenvalue weighted by molar-refractivity contribution is 5.83. The van der Waals surface area contributed by atoms with Gasteiger partial charge in [0.1, 0.15) is 5.82 Å². The molecule has 0 atom stereocenters. The van der Waals surface area contributed by atoms with E-state index in [-0.39, 0.29) is 11.4 Å². The summed E-state index contributed by atoms with van der Waals surface area (Å²) in [5.41, 5.74) is 2.12. The first-order chi connectivity index (χ1) is 11.9. The first kappa shape index (κ1) is 19.2. The van der Waals surface area contributed by atoms with Crippen molar-refractivity contribution in [3.05, 3.63) is 35.8 Å². The molecule has 6 heteroatoms. The van der Waals surface area contributed by atoms with Crippen LogP contribution >= 0.6 is 0 Å². The SMILES string of the molecule is CCNC(=NCCNC(C)(C)C)NCCc1c[nH]c2cc(F)ccc12. The molecule has 0 spiro atoms. The van der Waals surface area contributed by atoms with Crippen LogP contribution in [0.15, 0.2) is 29.4 Å². The number of fused-ring (bicyclic) bond motifs is 1. The quantitative estimate of drug-likeness (QED) is 0.354. The Balaban J connectivity index is 1.85. The number of benzene rings is 1. The summed E-state index contributed by atoms with van der Waals surface area (Å²) in [6, 6.07) is 4.86. The molecule has 0 bridgehead atoms. The lowest BCUT2D eigenvalue weighted by atomic mass is 10.1. The zero-order valence-electron chi connectivity index (χ0n) is 15.7. The lowest BCUT2D eigenvalue weighted by molar-refractivity contribution is 0.432. The molecule has 1 heterocycles. The molecule has 0 saturated heterocycles. The van der Waals surface area contributed by atoms with E-state index in [1.807, 2.05) is 12.3 Å². The highest BCUT2D eigenvalue weighted by Gasteiger charge is 2.07. The largest absolute Gasteiger partial charge is 0.361 e. The summed E-state index contributed by atoms with van der Waals surface area (Å²) in [5, 5.41) is 11.1. The summed E-state index contributed by atoms with van der Waals surface area (Å²) < 4.78 is 13.2. The van der Waals surface area contributed by atoms with Gasteiger partial charge in [-0.1, -0.05) is 0 Å². The van der Waals surface area contributed by atoms with Gasteiger partial charge < -0.3 is 20.9 Å². The van der Waals surface area contributed by atoms with Crippen molar-refractivity contribution < 1.29 is 4.39 Å². The molecular weight excluding hydrogens is 317 g/mol. The fraction of sp³-hybridized carbons (Fsp3) is 0.526. The van der Waals surface area contributed by atoms with E-state index in [1.165, 1.54) is 17.7 Å². The van der Waals surface area contributed by atoms with Gasteiger partial charge in [0.15, 0.2) is 5.96 Å². The number of aromatic amines is 1. The van der Waals surface area contributed by atoms with Gasteiger partial charge in [-0.2, -0.15) is 0 Å². The predicted octanol–water partition coefficient (Wildman–Crippen LogP) is 2.79. The molecular formula is C19H30FN5. The van der Waals surface area contributed by atoms with Crippen molar-refractivity contribution >= 4 is 16.9 Å². The zero-order valence-corrected chi connectivity index (χ0v) is 15.7. The zero-order chi connectivity index (χ0) is 18.3. The Labute approximate surface area is 149 Å². The van der Waals surface area contributed by atoms with E-state index in [1.54, 1.807) is 0 Å². The number of guanidine groups is 1. The number of rotatable bonds is 7. The van der Waals surface area contributed by atoms with Crippen molar-refractivity contribution in [3.63, 3.8) is 0 Å². The minimum atomic E-state index is -0.218. The van der Waals surface area contributed by atoms with Crippen molar-refractivity contribution in [3.8, 4) is 0 Å². The summed E-state index contributed by atoms with van der Waals surface area (Å²) in [5.74, 6) is 0.605. The van der Waals surface area contributed by atoms with Crippen LogP contribution in [0, 0.1) is 5.82 Å². The molecule has 2 aromatic rings. The van der Waals surface area contributed by atoms with Gasteiger partial charge in [0.2, 0.25) is 0 Å². The van der Waals surface area contributed by atoms with E-state index >= 15 is 0 Å². The molecule has 5 nitrogen and oxygen atoms in total. The van der Waals surface area contributed by atoms with E-state index in [0.717, 1.165) is 49.5 Å².